The van der Waals surface area contributed by atoms with Gasteiger partial charge >= 0.3 is 0 Å². The number of piperidine rings is 1. The van der Waals surface area contributed by atoms with E-state index in [1.807, 2.05) is 18.3 Å². The maximum atomic E-state index is 12.0. The molecule has 3 heterocycles. The Bertz CT molecular complexity index is 576. The number of carbonyl (C=O) groups excluding carboxylic acids is 1. The molecule has 0 atom stereocenters. The zero-order chi connectivity index (χ0) is 15.2. The standard InChI is InChI=1S/C16H21N5O/c22-16(14-3-1-2-6-17-14)20-11-13-4-9-21(10-5-13)12-15-18-7-8-19-15/h1-3,6-8,13H,4-5,9-12H2,(H,18,19)(H,20,22). The Morgan fingerprint density at radius 2 is 2.14 bits per heavy atom. The number of imidazole rings is 1. The van der Waals surface area contributed by atoms with Gasteiger partial charge in [-0.25, -0.2) is 4.98 Å². The lowest BCUT2D eigenvalue weighted by molar-refractivity contribution is 0.0930. The fourth-order valence-electron chi connectivity index (χ4n) is 2.77. The van der Waals surface area contributed by atoms with Crippen molar-refractivity contribution in [3.8, 4) is 0 Å². The van der Waals surface area contributed by atoms with Crippen molar-refractivity contribution in [2.24, 2.45) is 5.92 Å². The van der Waals surface area contributed by atoms with E-state index in [2.05, 4.69) is 25.2 Å². The van der Waals surface area contributed by atoms with Crippen molar-refractivity contribution in [2.45, 2.75) is 19.4 Å². The van der Waals surface area contributed by atoms with Crippen LogP contribution in [0.25, 0.3) is 0 Å². The van der Waals surface area contributed by atoms with E-state index in [4.69, 9.17) is 0 Å². The Kier molecular flexibility index (Phi) is 4.80. The fraction of sp³-hybridized carbons (Fsp3) is 0.438. The summed E-state index contributed by atoms with van der Waals surface area (Å²) in [6.07, 6.45) is 7.49. The largest absolute Gasteiger partial charge is 0.350 e. The molecule has 1 amide bonds. The maximum absolute atomic E-state index is 12.0. The molecule has 0 saturated carbocycles. The van der Waals surface area contributed by atoms with Crippen molar-refractivity contribution < 1.29 is 4.79 Å². The number of nitrogens with zero attached hydrogens (tertiary/aromatic N) is 3. The summed E-state index contributed by atoms with van der Waals surface area (Å²) in [5.41, 5.74) is 0.484. The van der Waals surface area contributed by atoms with Crippen LogP contribution in [0.2, 0.25) is 0 Å². The molecule has 3 rings (SSSR count). The molecule has 0 radical (unpaired) electrons. The summed E-state index contributed by atoms with van der Waals surface area (Å²) < 4.78 is 0. The first-order valence-corrected chi connectivity index (χ1v) is 7.71. The lowest BCUT2D eigenvalue weighted by Gasteiger charge is -2.31. The van der Waals surface area contributed by atoms with Crippen molar-refractivity contribution in [3.05, 3.63) is 48.3 Å². The second kappa shape index (κ2) is 7.17. The lowest BCUT2D eigenvalue weighted by Crippen LogP contribution is -2.38. The van der Waals surface area contributed by atoms with Gasteiger partial charge in [0.2, 0.25) is 0 Å². The summed E-state index contributed by atoms with van der Waals surface area (Å²) in [6, 6.07) is 5.38. The monoisotopic (exact) mass is 299 g/mol. The van der Waals surface area contributed by atoms with Crippen LogP contribution in [0.15, 0.2) is 36.8 Å². The highest BCUT2D eigenvalue weighted by Crippen LogP contribution is 2.17. The Morgan fingerprint density at radius 3 is 2.82 bits per heavy atom. The molecule has 0 spiro atoms. The molecule has 2 aromatic rings. The summed E-state index contributed by atoms with van der Waals surface area (Å²) in [4.78, 5) is 25.8. The smallest absolute Gasteiger partial charge is 0.269 e. The number of rotatable bonds is 5. The molecule has 6 nitrogen and oxygen atoms in total. The van der Waals surface area contributed by atoms with Gasteiger partial charge in [-0.05, 0) is 44.0 Å². The van der Waals surface area contributed by atoms with Crippen molar-refractivity contribution in [3.63, 3.8) is 0 Å². The van der Waals surface area contributed by atoms with E-state index in [0.717, 1.165) is 44.8 Å². The van der Waals surface area contributed by atoms with E-state index < -0.39 is 0 Å². The second-order valence-corrected chi connectivity index (χ2v) is 5.68. The van der Waals surface area contributed by atoms with Crippen LogP contribution < -0.4 is 5.32 Å². The second-order valence-electron chi connectivity index (χ2n) is 5.68. The minimum Gasteiger partial charge on any atom is -0.350 e. The van der Waals surface area contributed by atoms with E-state index >= 15 is 0 Å². The number of aromatic amines is 1. The Morgan fingerprint density at radius 1 is 1.27 bits per heavy atom. The summed E-state index contributed by atoms with van der Waals surface area (Å²) in [5.74, 6) is 1.47. The molecule has 2 N–H and O–H groups in total. The van der Waals surface area contributed by atoms with Crippen LogP contribution >= 0.6 is 0 Å². The van der Waals surface area contributed by atoms with Crippen molar-refractivity contribution in [1.29, 1.82) is 0 Å². The van der Waals surface area contributed by atoms with Crippen LogP contribution in [0.4, 0.5) is 0 Å². The van der Waals surface area contributed by atoms with Gasteiger partial charge < -0.3 is 10.3 Å². The first-order valence-electron chi connectivity index (χ1n) is 7.71. The highest BCUT2D eigenvalue weighted by atomic mass is 16.1. The quantitative estimate of drug-likeness (QED) is 0.876. The van der Waals surface area contributed by atoms with Crippen LogP contribution in [0.1, 0.15) is 29.2 Å². The normalized spacial score (nSPS) is 16.5. The zero-order valence-electron chi connectivity index (χ0n) is 12.5. The summed E-state index contributed by atoms with van der Waals surface area (Å²) >= 11 is 0. The first kappa shape index (κ1) is 14.7. The molecule has 0 aromatic carbocycles. The summed E-state index contributed by atoms with van der Waals surface area (Å²) in [5, 5.41) is 2.99. The zero-order valence-corrected chi connectivity index (χ0v) is 12.5. The minimum absolute atomic E-state index is 0.0846. The number of carbonyl (C=O) groups is 1. The van der Waals surface area contributed by atoms with Crippen LogP contribution in [-0.2, 0) is 6.54 Å². The molecule has 0 unspecified atom stereocenters. The van der Waals surface area contributed by atoms with Gasteiger partial charge in [0.15, 0.2) is 0 Å². The van der Waals surface area contributed by atoms with Crippen LogP contribution in [0.3, 0.4) is 0 Å². The number of nitrogens with one attached hydrogen (secondary N) is 2. The Labute approximate surface area is 130 Å². The molecule has 1 fully saturated rings. The van der Waals surface area contributed by atoms with Gasteiger partial charge in [0.1, 0.15) is 11.5 Å². The highest BCUT2D eigenvalue weighted by molar-refractivity contribution is 5.92. The van der Waals surface area contributed by atoms with Crippen molar-refractivity contribution in [2.75, 3.05) is 19.6 Å². The molecular formula is C16H21N5O. The fourth-order valence-corrected chi connectivity index (χ4v) is 2.77. The van der Waals surface area contributed by atoms with Gasteiger partial charge in [0.25, 0.3) is 5.91 Å². The van der Waals surface area contributed by atoms with Gasteiger partial charge in [-0.3, -0.25) is 14.7 Å². The Hall–Kier alpha value is -2.21. The highest BCUT2D eigenvalue weighted by Gasteiger charge is 2.20. The Balaban J connectivity index is 1.40. The van der Waals surface area contributed by atoms with E-state index in [-0.39, 0.29) is 5.91 Å². The third-order valence-corrected chi connectivity index (χ3v) is 4.08. The lowest BCUT2D eigenvalue weighted by atomic mass is 9.96. The predicted molar refractivity (Wildman–Crippen MR) is 83.2 cm³/mol. The van der Waals surface area contributed by atoms with Gasteiger partial charge in [-0.15, -0.1) is 0 Å². The third-order valence-electron chi connectivity index (χ3n) is 4.08. The molecule has 1 saturated heterocycles. The molecule has 1 aliphatic rings. The van der Waals surface area contributed by atoms with E-state index in [9.17, 15) is 4.79 Å². The van der Waals surface area contributed by atoms with Crippen LogP contribution in [0, 0.1) is 5.92 Å². The maximum Gasteiger partial charge on any atom is 0.269 e. The number of H-pyrrole nitrogens is 1. The number of hydrogen-bond donors (Lipinski definition) is 2. The van der Waals surface area contributed by atoms with Crippen molar-refractivity contribution >= 4 is 5.91 Å². The SMILES string of the molecule is O=C(NCC1CCN(Cc2ncc[nH]2)CC1)c1ccccn1. The number of amides is 1. The molecule has 2 aromatic heterocycles. The molecule has 0 aliphatic carbocycles. The summed E-state index contributed by atoms with van der Waals surface area (Å²) in [6.45, 7) is 3.69. The first-order chi connectivity index (χ1) is 10.8. The number of aromatic nitrogens is 3. The number of hydrogen-bond acceptors (Lipinski definition) is 4. The molecule has 116 valence electrons. The number of pyridine rings is 1. The third kappa shape index (κ3) is 3.92. The topological polar surface area (TPSA) is 73.9 Å². The van der Waals surface area contributed by atoms with Gasteiger partial charge in [0, 0.05) is 25.1 Å². The van der Waals surface area contributed by atoms with Crippen LogP contribution in [-0.4, -0.2) is 45.4 Å². The minimum atomic E-state index is -0.0846. The van der Waals surface area contributed by atoms with E-state index in [1.54, 1.807) is 18.5 Å². The van der Waals surface area contributed by atoms with E-state index in [0.29, 0.717) is 11.6 Å². The molecule has 1 aliphatic heterocycles. The molecule has 0 bridgehead atoms. The average molecular weight is 299 g/mol. The average Bonchev–Trinajstić information content (AvgIpc) is 3.08. The van der Waals surface area contributed by atoms with Crippen molar-refractivity contribution in [1.82, 2.24) is 25.2 Å². The predicted octanol–water partition coefficient (Wildman–Crippen LogP) is 1.45. The number of likely N-dealkylation sites (tertiary alicyclic amines) is 1. The molecule has 22 heavy (non-hydrogen) atoms. The molecule has 6 heteroatoms. The van der Waals surface area contributed by atoms with Crippen LogP contribution in [0.5, 0.6) is 0 Å². The van der Waals surface area contributed by atoms with E-state index in [1.165, 1.54) is 0 Å². The van der Waals surface area contributed by atoms with Gasteiger partial charge in [-0.2, -0.15) is 0 Å². The summed E-state index contributed by atoms with van der Waals surface area (Å²) in [7, 11) is 0. The van der Waals surface area contributed by atoms with Gasteiger partial charge in [-0.1, -0.05) is 6.07 Å². The molecular weight excluding hydrogens is 278 g/mol. The van der Waals surface area contributed by atoms with Gasteiger partial charge in [0.05, 0.1) is 6.54 Å².